The summed E-state index contributed by atoms with van der Waals surface area (Å²) in [5.41, 5.74) is 0.523. The third-order valence-electron chi connectivity index (χ3n) is 3.91. The van der Waals surface area contributed by atoms with Crippen LogP contribution in [0.3, 0.4) is 0 Å². The summed E-state index contributed by atoms with van der Waals surface area (Å²) in [5, 5.41) is 2.83. The second kappa shape index (κ2) is 7.25. The summed E-state index contributed by atoms with van der Waals surface area (Å²) in [5.74, 6) is 0.808. The summed E-state index contributed by atoms with van der Waals surface area (Å²) < 4.78 is 65.0. The molecule has 146 valence electrons. The molecule has 0 saturated heterocycles. The van der Waals surface area contributed by atoms with Gasteiger partial charge in [-0.25, -0.2) is 21.6 Å². The lowest BCUT2D eigenvalue weighted by molar-refractivity contribution is 0.171. The Morgan fingerprint density at radius 1 is 0.778 bits per heavy atom. The SMILES string of the molecule is CNc1ccc(S(=O)(=O)NC)cc1NS(=O)(=O)c1ccc2c(c1)OCCO2. The largest absolute Gasteiger partial charge is 0.486 e. The topological polar surface area (TPSA) is 123 Å². The lowest BCUT2D eigenvalue weighted by atomic mass is 10.3. The van der Waals surface area contributed by atoms with Crippen LogP contribution in [-0.2, 0) is 20.0 Å². The van der Waals surface area contributed by atoms with E-state index in [1.165, 1.54) is 43.4 Å². The van der Waals surface area contributed by atoms with E-state index < -0.39 is 20.0 Å². The second-order valence-electron chi connectivity index (χ2n) is 5.58. The van der Waals surface area contributed by atoms with E-state index in [1.54, 1.807) is 7.05 Å². The maximum Gasteiger partial charge on any atom is 0.262 e. The van der Waals surface area contributed by atoms with E-state index in [4.69, 9.17) is 9.47 Å². The van der Waals surface area contributed by atoms with Crippen molar-refractivity contribution >= 4 is 31.4 Å². The number of hydrogen-bond donors (Lipinski definition) is 3. The van der Waals surface area contributed by atoms with Crippen LogP contribution in [0.4, 0.5) is 11.4 Å². The molecule has 0 saturated carbocycles. The maximum absolute atomic E-state index is 12.8. The highest BCUT2D eigenvalue weighted by molar-refractivity contribution is 7.92. The zero-order chi connectivity index (χ0) is 19.7. The lowest BCUT2D eigenvalue weighted by Gasteiger charge is -2.19. The van der Waals surface area contributed by atoms with Gasteiger partial charge in [0.2, 0.25) is 10.0 Å². The molecular weight excluding hydrogens is 394 g/mol. The molecule has 1 aliphatic rings. The van der Waals surface area contributed by atoms with Crippen molar-refractivity contribution in [2.24, 2.45) is 0 Å². The van der Waals surface area contributed by atoms with Gasteiger partial charge in [-0.15, -0.1) is 0 Å². The fourth-order valence-corrected chi connectivity index (χ4v) is 4.35. The summed E-state index contributed by atoms with van der Waals surface area (Å²) in [6.45, 7) is 0.730. The van der Waals surface area contributed by atoms with Crippen LogP contribution in [0.15, 0.2) is 46.2 Å². The molecule has 2 aromatic carbocycles. The van der Waals surface area contributed by atoms with E-state index in [2.05, 4.69) is 14.8 Å². The van der Waals surface area contributed by atoms with Gasteiger partial charge in [-0.2, -0.15) is 0 Å². The quantitative estimate of drug-likeness (QED) is 0.650. The highest BCUT2D eigenvalue weighted by Crippen LogP contribution is 2.34. The van der Waals surface area contributed by atoms with Gasteiger partial charge < -0.3 is 14.8 Å². The summed E-state index contributed by atoms with van der Waals surface area (Å²) >= 11 is 0. The molecule has 9 nitrogen and oxygen atoms in total. The number of sulfonamides is 2. The molecule has 1 heterocycles. The first-order chi connectivity index (χ1) is 12.8. The van der Waals surface area contributed by atoms with Gasteiger partial charge in [-0.1, -0.05) is 0 Å². The van der Waals surface area contributed by atoms with Crippen molar-refractivity contribution in [1.29, 1.82) is 0 Å². The van der Waals surface area contributed by atoms with Crippen molar-refractivity contribution in [1.82, 2.24) is 4.72 Å². The van der Waals surface area contributed by atoms with Crippen LogP contribution in [0, 0.1) is 0 Å². The normalized spacial score (nSPS) is 13.9. The van der Waals surface area contributed by atoms with Gasteiger partial charge in [-0.3, -0.25) is 4.72 Å². The number of hydrogen-bond acceptors (Lipinski definition) is 7. The molecule has 0 spiro atoms. The fourth-order valence-electron chi connectivity index (χ4n) is 2.51. The molecule has 1 aliphatic heterocycles. The van der Waals surface area contributed by atoms with Gasteiger partial charge in [0.15, 0.2) is 11.5 Å². The monoisotopic (exact) mass is 413 g/mol. The summed E-state index contributed by atoms with van der Waals surface area (Å²) in [6.07, 6.45) is 0. The molecule has 0 aromatic heterocycles. The van der Waals surface area contributed by atoms with Crippen LogP contribution in [0.1, 0.15) is 0 Å². The number of fused-ring (bicyclic) bond motifs is 1. The highest BCUT2D eigenvalue weighted by atomic mass is 32.2. The lowest BCUT2D eigenvalue weighted by Crippen LogP contribution is -2.20. The molecule has 0 bridgehead atoms. The first kappa shape index (κ1) is 19.3. The van der Waals surface area contributed by atoms with E-state index in [0.29, 0.717) is 30.4 Å². The van der Waals surface area contributed by atoms with Gasteiger partial charge in [0.1, 0.15) is 13.2 Å². The molecular formula is C16H19N3O6S2. The van der Waals surface area contributed by atoms with E-state index >= 15 is 0 Å². The Morgan fingerprint density at radius 2 is 1.41 bits per heavy atom. The molecule has 0 radical (unpaired) electrons. The van der Waals surface area contributed by atoms with Crippen molar-refractivity contribution in [3.8, 4) is 11.5 Å². The number of benzene rings is 2. The van der Waals surface area contributed by atoms with Crippen molar-refractivity contribution in [2.75, 3.05) is 37.3 Å². The van der Waals surface area contributed by atoms with E-state index in [9.17, 15) is 16.8 Å². The zero-order valence-electron chi connectivity index (χ0n) is 14.6. The summed E-state index contributed by atoms with van der Waals surface area (Å²) in [7, 11) is -4.84. The van der Waals surface area contributed by atoms with Crippen molar-refractivity contribution in [3.63, 3.8) is 0 Å². The predicted molar refractivity (Wildman–Crippen MR) is 100 cm³/mol. The van der Waals surface area contributed by atoms with Gasteiger partial charge in [0.05, 0.1) is 21.2 Å². The molecule has 0 unspecified atom stereocenters. The van der Waals surface area contributed by atoms with Gasteiger partial charge >= 0.3 is 0 Å². The Labute approximate surface area is 157 Å². The minimum atomic E-state index is -3.99. The van der Waals surface area contributed by atoms with Crippen molar-refractivity contribution in [3.05, 3.63) is 36.4 Å². The Kier molecular flexibility index (Phi) is 5.18. The smallest absolute Gasteiger partial charge is 0.262 e. The number of ether oxygens (including phenoxy) is 2. The molecule has 2 aromatic rings. The van der Waals surface area contributed by atoms with E-state index in [1.807, 2.05) is 0 Å². The first-order valence-electron chi connectivity index (χ1n) is 7.94. The summed E-state index contributed by atoms with van der Waals surface area (Å²) in [6, 6.07) is 8.37. The van der Waals surface area contributed by atoms with Gasteiger partial charge in [0, 0.05) is 13.1 Å². The van der Waals surface area contributed by atoms with Crippen LogP contribution in [-0.4, -0.2) is 44.1 Å². The highest BCUT2D eigenvalue weighted by Gasteiger charge is 2.22. The van der Waals surface area contributed by atoms with Gasteiger partial charge in [-0.05, 0) is 37.4 Å². The second-order valence-corrected chi connectivity index (χ2v) is 9.14. The molecule has 11 heteroatoms. The summed E-state index contributed by atoms with van der Waals surface area (Å²) in [4.78, 5) is -0.0976. The zero-order valence-corrected chi connectivity index (χ0v) is 16.3. The molecule has 0 fully saturated rings. The number of anilines is 2. The van der Waals surface area contributed by atoms with Gasteiger partial charge in [0.25, 0.3) is 10.0 Å². The molecule has 3 N–H and O–H groups in total. The van der Waals surface area contributed by atoms with Crippen LogP contribution < -0.4 is 24.2 Å². The van der Waals surface area contributed by atoms with Crippen LogP contribution >= 0.6 is 0 Å². The third-order valence-corrected chi connectivity index (χ3v) is 6.68. The molecule has 0 atom stereocenters. The molecule has 0 amide bonds. The fraction of sp³-hybridized carbons (Fsp3) is 0.250. The minimum Gasteiger partial charge on any atom is -0.486 e. The van der Waals surface area contributed by atoms with Crippen LogP contribution in [0.5, 0.6) is 11.5 Å². The molecule has 0 aliphatic carbocycles. The molecule has 27 heavy (non-hydrogen) atoms. The maximum atomic E-state index is 12.8. The minimum absolute atomic E-state index is 0.0318. The van der Waals surface area contributed by atoms with Crippen molar-refractivity contribution < 1.29 is 26.3 Å². The van der Waals surface area contributed by atoms with Crippen molar-refractivity contribution in [2.45, 2.75) is 9.79 Å². The number of nitrogens with one attached hydrogen (secondary N) is 3. The Balaban J connectivity index is 1.99. The number of rotatable bonds is 6. The average Bonchev–Trinajstić information content (AvgIpc) is 2.67. The average molecular weight is 413 g/mol. The Hall–Kier alpha value is -2.50. The Morgan fingerprint density at radius 3 is 2.07 bits per heavy atom. The van der Waals surface area contributed by atoms with Crippen LogP contribution in [0.2, 0.25) is 0 Å². The Bertz CT molecular complexity index is 1070. The predicted octanol–water partition coefficient (Wildman–Crippen LogP) is 1.21. The first-order valence-corrected chi connectivity index (χ1v) is 10.9. The third kappa shape index (κ3) is 3.94. The van der Waals surface area contributed by atoms with Crippen LogP contribution in [0.25, 0.3) is 0 Å². The standard InChI is InChI=1S/C16H19N3O6S2/c1-17-13-5-3-11(26(20,21)18-2)9-14(13)19-27(22,23)12-4-6-15-16(10-12)25-8-7-24-15/h3-6,9-10,17-19H,7-8H2,1-2H3. The van der Waals surface area contributed by atoms with E-state index in [-0.39, 0.29) is 15.5 Å². The van der Waals surface area contributed by atoms with E-state index in [0.717, 1.165) is 0 Å². The molecule has 3 rings (SSSR count).